The lowest BCUT2D eigenvalue weighted by molar-refractivity contribution is 0.215. The van der Waals surface area contributed by atoms with E-state index < -0.39 is 0 Å². The molecule has 0 amide bonds. The van der Waals surface area contributed by atoms with Gasteiger partial charge in [-0.1, -0.05) is 6.42 Å². The Hall–Kier alpha value is -0.450. The fourth-order valence-electron chi connectivity index (χ4n) is 2.76. The molecule has 2 N–H and O–H groups in total. The molecule has 2 unspecified atom stereocenters. The normalized spacial score (nSPS) is 25.4. The minimum atomic E-state index is 0.434. The molecular weight excluding hydrogens is 230 g/mol. The van der Waals surface area contributed by atoms with E-state index in [0.717, 1.165) is 24.0 Å². The highest BCUT2D eigenvalue weighted by Gasteiger charge is 2.20. The molecule has 96 valence electrons. The maximum absolute atomic E-state index is 6.03. The maximum atomic E-state index is 6.03. The van der Waals surface area contributed by atoms with Crippen LogP contribution in [0.15, 0.2) is 5.38 Å². The van der Waals surface area contributed by atoms with Crippen molar-refractivity contribution in [2.75, 3.05) is 13.6 Å². The molecule has 0 aromatic carbocycles. The highest BCUT2D eigenvalue weighted by atomic mass is 32.1. The molecule has 0 spiro atoms. The Morgan fingerprint density at radius 1 is 1.53 bits per heavy atom. The molecule has 1 aliphatic carbocycles. The van der Waals surface area contributed by atoms with Crippen LogP contribution in [0.4, 0.5) is 0 Å². The molecule has 1 fully saturated rings. The number of thiazole rings is 1. The minimum absolute atomic E-state index is 0.434. The van der Waals surface area contributed by atoms with Crippen molar-refractivity contribution in [2.24, 2.45) is 11.7 Å². The fourth-order valence-corrected chi connectivity index (χ4v) is 3.36. The lowest BCUT2D eigenvalue weighted by Gasteiger charge is -2.29. The molecule has 4 heteroatoms. The predicted octanol–water partition coefficient (Wildman–Crippen LogP) is 2.40. The van der Waals surface area contributed by atoms with E-state index in [-0.39, 0.29) is 0 Å². The van der Waals surface area contributed by atoms with Crippen LogP contribution in [0.25, 0.3) is 0 Å². The van der Waals surface area contributed by atoms with Gasteiger partial charge >= 0.3 is 0 Å². The summed E-state index contributed by atoms with van der Waals surface area (Å²) in [5.41, 5.74) is 7.23. The molecule has 0 saturated heterocycles. The van der Waals surface area contributed by atoms with Crippen LogP contribution in [-0.4, -0.2) is 29.5 Å². The molecule has 1 aromatic heterocycles. The number of aryl methyl sites for hydroxylation is 1. The van der Waals surface area contributed by atoms with Crippen LogP contribution < -0.4 is 5.73 Å². The van der Waals surface area contributed by atoms with Crippen LogP contribution in [0.3, 0.4) is 0 Å². The number of nitrogens with zero attached hydrogens (tertiary/aromatic N) is 2. The highest BCUT2D eigenvalue weighted by Crippen LogP contribution is 2.24. The van der Waals surface area contributed by atoms with E-state index in [1.807, 2.05) is 0 Å². The summed E-state index contributed by atoms with van der Waals surface area (Å²) >= 11 is 1.74. The van der Waals surface area contributed by atoms with Crippen molar-refractivity contribution in [1.82, 2.24) is 9.88 Å². The smallest absolute Gasteiger partial charge is 0.0897 e. The van der Waals surface area contributed by atoms with Crippen LogP contribution in [0, 0.1) is 12.8 Å². The Balaban J connectivity index is 1.78. The Bertz CT molecular complexity index is 350. The molecule has 1 aliphatic rings. The second-order valence-corrected chi connectivity index (χ2v) is 6.41. The molecule has 3 nitrogen and oxygen atoms in total. The molecule has 1 heterocycles. The van der Waals surface area contributed by atoms with Gasteiger partial charge in [0.25, 0.3) is 0 Å². The lowest BCUT2D eigenvalue weighted by Crippen LogP contribution is -2.34. The van der Waals surface area contributed by atoms with Gasteiger partial charge < -0.3 is 10.6 Å². The van der Waals surface area contributed by atoms with Gasteiger partial charge in [0.05, 0.1) is 10.7 Å². The van der Waals surface area contributed by atoms with Crippen LogP contribution in [0.1, 0.15) is 36.4 Å². The van der Waals surface area contributed by atoms with Gasteiger partial charge in [0.1, 0.15) is 0 Å². The first-order chi connectivity index (χ1) is 8.13. The highest BCUT2D eigenvalue weighted by molar-refractivity contribution is 7.09. The monoisotopic (exact) mass is 253 g/mol. The predicted molar refractivity (Wildman–Crippen MR) is 73.1 cm³/mol. The maximum Gasteiger partial charge on any atom is 0.0897 e. The fraction of sp³-hybridized carbons (Fsp3) is 0.769. The van der Waals surface area contributed by atoms with Crippen molar-refractivity contribution in [3.05, 3.63) is 16.1 Å². The second-order valence-electron chi connectivity index (χ2n) is 5.35. The number of aromatic nitrogens is 1. The van der Waals surface area contributed by atoms with E-state index >= 15 is 0 Å². The zero-order chi connectivity index (χ0) is 12.3. The van der Waals surface area contributed by atoms with Gasteiger partial charge in [-0.2, -0.15) is 0 Å². The van der Waals surface area contributed by atoms with Crippen molar-refractivity contribution in [3.63, 3.8) is 0 Å². The lowest BCUT2D eigenvalue weighted by atomic mass is 9.86. The Morgan fingerprint density at radius 3 is 3.00 bits per heavy atom. The summed E-state index contributed by atoms with van der Waals surface area (Å²) < 4.78 is 0. The zero-order valence-corrected chi connectivity index (χ0v) is 11.7. The van der Waals surface area contributed by atoms with E-state index in [4.69, 9.17) is 5.73 Å². The third-order valence-corrected chi connectivity index (χ3v) is 4.31. The van der Waals surface area contributed by atoms with E-state index in [9.17, 15) is 0 Å². The molecular formula is C13H23N3S. The van der Waals surface area contributed by atoms with E-state index in [2.05, 4.69) is 29.2 Å². The van der Waals surface area contributed by atoms with Crippen molar-refractivity contribution in [1.29, 1.82) is 0 Å². The molecule has 0 aliphatic heterocycles. The van der Waals surface area contributed by atoms with Crippen molar-refractivity contribution >= 4 is 11.3 Å². The van der Waals surface area contributed by atoms with Crippen molar-refractivity contribution < 1.29 is 0 Å². The van der Waals surface area contributed by atoms with Gasteiger partial charge in [-0.3, -0.25) is 0 Å². The first-order valence-corrected chi connectivity index (χ1v) is 7.36. The first-order valence-electron chi connectivity index (χ1n) is 6.48. The van der Waals surface area contributed by atoms with E-state index in [0.29, 0.717) is 6.04 Å². The van der Waals surface area contributed by atoms with Gasteiger partial charge in [0.15, 0.2) is 0 Å². The third kappa shape index (κ3) is 4.05. The largest absolute Gasteiger partial charge is 0.328 e. The van der Waals surface area contributed by atoms with Gasteiger partial charge in [-0.25, -0.2) is 4.98 Å². The summed E-state index contributed by atoms with van der Waals surface area (Å²) in [6.45, 7) is 4.19. The van der Waals surface area contributed by atoms with Crippen molar-refractivity contribution in [3.8, 4) is 0 Å². The Kier molecular flexibility index (Phi) is 4.54. The van der Waals surface area contributed by atoms with Crippen LogP contribution in [0.5, 0.6) is 0 Å². The average Bonchev–Trinajstić information content (AvgIpc) is 2.63. The molecule has 1 aromatic rings. The standard InChI is InChI=1S/C13H23N3S/c1-10-15-13(9-17-10)8-16(2)7-11-4-3-5-12(14)6-11/h9,11-12H,3-8,14H2,1-2H3. The summed E-state index contributed by atoms with van der Waals surface area (Å²) in [5, 5.41) is 3.33. The quantitative estimate of drug-likeness (QED) is 0.896. The molecule has 2 atom stereocenters. The number of rotatable bonds is 4. The molecule has 1 saturated carbocycles. The van der Waals surface area contributed by atoms with Crippen LogP contribution >= 0.6 is 11.3 Å². The van der Waals surface area contributed by atoms with Crippen LogP contribution in [-0.2, 0) is 6.54 Å². The molecule has 2 rings (SSSR count). The summed E-state index contributed by atoms with van der Waals surface area (Å²) in [6, 6.07) is 0.434. The molecule has 0 radical (unpaired) electrons. The van der Waals surface area contributed by atoms with Gasteiger partial charge in [-0.05, 0) is 39.2 Å². The van der Waals surface area contributed by atoms with Gasteiger partial charge in [0, 0.05) is 24.5 Å². The minimum Gasteiger partial charge on any atom is -0.328 e. The van der Waals surface area contributed by atoms with Gasteiger partial charge in [0.2, 0.25) is 0 Å². The topological polar surface area (TPSA) is 42.2 Å². The summed E-state index contributed by atoms with van der Waals surface area (Å²) in [4.78, 5) is 6.90. The molecule has 0 bridgehead atoms. The number of nitrogens with two attached hydrogens (primary N) is 1. The Labute approximate surface area is 108 Å². The first kappa shape index (κ1) is 13.0. The van der Waals surface area contributed by atoms with Crippen molar-refractivity contribution in [2.45, 2.75) is 45.2 Å². The summed E-state index contributed by atoms with van der Waals surface area (Å²) in [7, 11) is 2.19. The average molecular weight is 253 g/mol. The SMILES string of the molecule is Cc1nc(CN(C)CC2CCCC(N)C2)cs1. The molecule has 17 heavy (non-hydrogen) atoms. The Morgan fingerprint density at radius 2 is 2.35 bits per heavy atom. The zero-order valence-electron chi connectivity index (χ0n) is 10.9. The number of hydrogen-bond donors (Lipinski definition) is 1. The van der Waals surface area contributed by atoms with Crippen LogP contribution in [0.2, 0.25) is 0 Å². The van der Waals surface area contributed by atoms with Gasteiger partial charge in [-0.15, -0.1) is 11.3 Å². The third-order valence-electron chi connectivity index (χ3n) is 3.49. The number of hydrogen-bond acceptors (Lipinski definition) is 4. The summed E-state index contributed by atoms with van der Waals surface area (Å²) in [5.74, 6) is 0.781. The summed E-state index contributed by atoms with van der Waals surface area (Å²) in [6.07, 6.45) is 5.05. The second kappa shape index (κ2) is 5.94. The van der Waals surface area contributed by atoms with E-state index in [1.54, 1.807) is 11.3 Å². The van der Waals surface area contributed by atoms with E-state index in [1.165, 1.54) is 31.4 Å².